The van der Waals surface area contributed by atoms with Crippen LogP contribution in [-0.2, 0) is 6.54 Å². The van der Waals surface area contributed by atoms with E-state index in [2.05, 4.69) is 15.4 Å². The molecule has 102 valence electrons. The summed E-state index contributed by atoms with van der Waals surface area (Å²) in [5.41, 5.74) is 3.08. The molecule has 20 heavy (non-hydrogen) atoms. The normalized spacial score (nSPS) is 10.9. The zero-order chi connectivity index (χ0) is 14.1. The summed E-state index contributed by atoms with van der Waals surface area (Å²) in [6.45, 7) is 2.35. The minimum atomic E-state index is -0.869. The lowest BCUT2D eigenvalue weighted by atomic mass is 10.2. The van der Waals surface area contributed by atoms with Crippen molar-refractivity contribution < 1.29 is 8.78 Å². The maximum absolute atomic E-state index is 13.1. The lowest BCUT2D eigenvalue weighted by Gasteiger charge is -2.07. The summed E-state index contributed by atoms with van der Waals surface area (Å²) in [7, 11) is 0. The van der Waals surface area contributed by atoms with Crippen LogP contribution < -0.4 is 5.32 Å². The number of anilines is 1. The van der Waals surface area contributed by atoms with Crippen LogP contribution in [0, 0.1) is 18.6 Å². The first-order valence-electron chi connectivity index (χ1n) is 6.12. The van der Waals surface area contributed by atoms with Gasteiger partial charge in [0.2, 0.25) is 0 Å². The van der Waals surface area contributed by atoms with Gasteiger partial charge in [-0.2, -0.15) is 5.10 Å². The Hall–Kier alpha value is -2.50. The number of nitrogens with one attached hydrogen (secondary N) is 1. The van der Waals surface area contributed by atoms with E-state index < -0.39 is 11.6 Å². The molecule has 1 N–H and O–H groups in total. The van der Waals surface area contributed by atoms with Crippen molar-refractivity contribution in [3.05, 3.63) is 59.6 Å². The highest BCUT2D eigenvalue weighted by atomic mass is 19.2. The molecule has 0 radical (unpaired) electrons. The molecule has 0 saturated heterocycles. The van der Waals surface area contributed by atoms with Crippen LogP contribution in [0.25, 0.3) is 5.65 Å². The predicted molar refractivity (Wildman–Crippen MR) is 71.4 cm³/mol. The molecule has 0 unspecified atom stereocenters. The number of hydrogen-bond donors (Lipinski definition) is 1. The maximum Gasteiger partial charge on any atom is 0.160 e. The smallest absolute Gasteiger partial charge is 0.160 e. The number of aromatic nitrogens is 3. The van der Waals surface area contributed by atoms with Gasteiger partial charge in [0.15, 0.2) is 17.3 Å². The van der Waals surface area contributed by atoms with Crippen LogP contribution in [0.1, 0.15) is 11.3 Å². The first-order valence-corrected chi connectivity index (χ1v) is 6.12. The largest absolute Gasteiger partial charge is 0.381 e. The molecular formula is C14H12F2N4. The van der Waals surface area contributed by atoms with Crippen molar-refractivity contribution in [2.45, 2.75) is 13.5 Å². The van der Waals surface area contributed by atoms with Crippen LogP contribution in [0.15, 0.2) is 36.7 Å². The van der Waals surface area contributed by atoms with Gasteiger partial charge in [0.1, 0.15) is 0 Å². The molecule has 0 aliphatic rings. The van der Waals surface area contributed by atoms with E-state index in [0.717, 1.165) is 29.0 Å². The molecule has 0 atom stereocenters. The fraction of sp³-hybridized carbons (Fsp3) is 0.143. The Morgan fingerprint density at radius 1 is 1.20 bits per heavy atom. The SMILES string of the molecule is Cc1cc2ncc(CNc3ccc(F)c(F)c3)cn2n1. The number of halogens is 2. The molecule has 3 aromatic rings. The average molecular weight is 274 g/mol. The van der Waals surface area contributed by atoms with E-state index in [4.69, 9.17) is 0 Å². The van der Waals surface area contributed by atoms with Crippen LogP contribution in [-0.4, -0.2) is 14.6 Å². The van der Waals surface area contributed by atoms with Gasteiger partial charge in [-0.15, -0.1) is 0 Å². The first kappa shape index (κ1) is 12.5. The Labute approximate surface area is 114 Å². The Morgan fingerprint density at radius 3 is 2.85 bits per heavy atom. The zero-order valence-corrected chi connectivity index (χ0v) is 10.8. The quantitative estimate of drug-likeness (QED) is 0.798. The molecule has 0 aliphatic heterocycles. The lowest BCUT2D eigenvalue weighted by molar-refractivity contribution is 0.509. The van der Waals surface area contributed by atoms with E-state index in [1.54, 1.807) is 10.7 Å². The third-order valence-electron chi connectivity index (χ3n) is 2.91. The third kappa shape index (κ3) is 2.45. The molecular weight excluding hydrogens is 262 g/mol. The molecule has 0 spiro atoms. The number of nitrogens with zero attached hydrogens (tertiary/aromatic N) is 3. The monoisotopic (exact) mass is 274 g/mol. The Bertz CT molecular complexity index is 767. The van der Waals surface area contributed by atoms with Crippen LogP contribution in [0.3, 0.4) is 0 Å². The highest BCUT2D eigenvalue weighted by molar-refractivity contribution is 5.44. The van der Waals surface area contributed by atoms with Gasteiger partial charge in [-0.1, -0.05) is 0 Å². The molecule has 0 amide bonds. The summed E-state index contributed by atoms with van der Waals surface area (Å²) in [5.74, 6) is -1.73. The number of aryl methyl sites for hydroxylation is 1. The van der Waals surface area contributed by atoms with E-state index in [0.29, 0.717) is 12.2 Å². The van der Waals surface area contributed by atoms with E-state index in [1.807, 2.05) is 19.2 Å². The Balaban J connectivity index is 1.77. The van der Waals surface area contributed by atoms with Gasteiger partial charge in [-0.3, -0.25) is 0 Å². The molecule has 4 nitrogen and oxygen atoms in total. The molecule has 0 bridgehead atoms. The average Bonchev–Trinajstić information content (AvgIpc) is 2.79. The highest BCUT2D eigenvalue weighted by Crippen LogP contribution is 2.14. The minimum Gasteiger partial charge on any atom is -0.381 e. The molecule has 3 rings (SSSR count). The predicted octanol–water partition coefficient (Wildman–Crippen LogP) is 2.93. The van der Waals surface area contributed by atoms with Crippen LogP contribution in [0.4, 0.5) is 14.5 Å². The van der Waals surface area contributed by atoms with Gasteiger partial charge in [0.25, 0.3) is 0 Å². The standard InChI is InChI=1S/C14H12F2N4/c1-9-4-14-18-7-10(8-20(14)19-9)6-17-11-2-3-12(15)13(16)5-11/h2-5,7-8,17H,6H2,1H3. The zero-order valence-electron chi connectivity index (χ0n) is 10.8. The van der Waals surface area contributed by atoms with Gasteiger partial charge < -0.3 is 5.32 Å². The maximum atomic E-state index is 13.1. The highest BCUT2D eigenvalue weighted by Gasteiger charge is 2.04. The van der Waals surface area contributed by atoms with Crippen molar-refractivity contribution in [1.82, 2.24) is 14.6 Å². The van der Waals surface area contributed by atoms with E-state index in [9.17, 15) is 8.78 Å². The van der Waals surface area contributed by atoms with E-state index in [1.165, 1.54) is 6.07 Å². The van der Waals surface area contributed by atoms with E-state index in [-0.39, 0.29) is 0 Å². The molecule has 6 heteroatoms. The minimum absolute atomic E-state index is 0.451. The molecule has 0 saturated carbocycles. The fourth-order valence-electron chi connectivity index (χ4n) is 1.94. The van der Waals surface area contributed by atoms with Gasteiger partial charge in [0.05, 0.1) is 5.69 Å². The third-order valence-corrected chi connectivity index (χ3v) is 2.91. The molecule has 0 aliphatic carbocycles. The van der Waals surface area contributed by atoms with Crippen molar-refractivity contribution in [1.29, 1.82) is 0 Å². The molecule has 0 fully saturated rings. The fourth-order valence-corrected chi connectivity index (χ4v) is 1.94. The topological polar surface area (TPSA) is 42.2 Å². The summed E-state index contributed by atoms with van der Waals surface area (Å²) >= 11 is 0. The van der Waals surface area contributed by atoms with Crippen molar-refractivity contribution in [3.8, 4) is 0 Å². The molecule has 2 aromatic heterocycles. The van der Waals surface area contributed by atoms with E-state index >= 15 is 0 Å². The molecule has 2 heterocycles. The Morgan fingerprint density at radius 2 is 2.05 bits per heavy atom. The molecule has 1 aromatic carbocycles. The van der Waals surface area contributed by atoms with Gasteiger partial charge >= 0.3 is 0 Å². The summed E-state index contributed by atoms with van der Waals surface area (Å²) in [6, 6.07) is 5.59. The van der Waals surface area contributed by atoms with Gasteiger partial charge in [-0.05, 0) is 19.1 Å². The summed E-state index contributed by atoms with van der Waals surface area (Å²) in [5, 5.41) is 7.28. The van der Waals surface area contributed by atoms with Crippen molar-refractivity contribution in [3.63, 3.8) is 0 Å². The Kier molecular flexibility index (Phi) is 3.06. The van der Waals surface area contributed by atoms with Gasteiger partial charge in [-0.25, -0.2) is 18.3 Å². The second kappa shape index (κ2) is 4.88. The van der Waals surface area contributed by atoms with Crippen LogP contribution in [0.2, 0.25) is 0 Å². The van der Waals surface area contributed by atoms with Crippen molar-refractivity contribution in [2.24, 2.45) is 0 Å². The van der Waals surface area contributed by atoms with Crippen molar-refractivity contribution in [2.75, 3.05) is 5.32 Å². The number of hydrogen-bond acceptors (Lipinski definition) is 3. The summed E-state index contributed by atoms with van der Waals surface area (Å²) in [6.07, 6.45) is 3.57. The number of rotatable bonds is 3. The summed E-state index contributed by atoms with van der Waals surface area (Å²) in [4.78, 5) is 4.27. The van der Waals surface area contributed by atoms with Crippen molar-refractivity contribution >= 4 is 11.3 Å². The second-order valence-electron chi connectivity index (χ2n) is 4.53. The van der Waals surface area contributed by atoms with Gasteiger partial charge in [0, 0.05) is 42.3 Å². The number of fused-ring (bicyclic) bond motifs is 1. The van der Waals surface area contributed by atoms with Crippen LogP contribution >= 0.6 is 0 Å². The van der Waals surface area contributed by atoms with Crippen LogP contribution in [0.5, 0.6) is 0 Å². The number of benzene rings is 1. The lowest BCUT2D eigenvalue weighted by Crippen LogP contribution is -2.03. The summed E-state index contributed by atoms with van der Waals surface area (Å²) < 4.78 is 27.6. The first-order chi connectivity index (χ1) is 9.61. The second-order valence-corrected chi connectivity index (χ2v) is 4.53.